The molecule has 0 bridgehead atoms. The number of non-ortho nitro benzene ring substituents is 1. The van der Waals surface area contributed by atoms with Gasteiger partial charge in [-0.3, -0.25) is 14.9 Å². The Hall–Kier alpha value is -1.95. The van der Waals surface area contributed by atoms with Gasteiger partial charge in [0.2, 0.25) is 5.91 Å². The topological polar surface area (TPSA) is 72.7 Å². The number of rotatable bonds is 5. The number of nitrogens with zero attached hydrogens (tertiary/aromatic N) is 2. The second-order valence-corrected chi connectivity index (χ2v) is 5.59. The van der Waals surface area contributed by atoms with Crippen LogP contribution in [0, 0.1) is 10.1 Å². The maximum atomic E-state index is 12.4. The van der Waals surface area contributed by atoms with E-state index in [2.05, 4.69) is 0 Å². The summed E-state index contributed by atoms with van der Waals surface area (Å²) in [5.41, 5.74) is 1.34. The van der Waals surface area contributed by atoms with E-state index in [-0.39, 0.29) is 17.0 Å². The van der Waals surface area contributed by atoms with Crippen LogP contribution in [-0.4, -0.2) is 31.1 Å². The Kier molecular flexibility index (Phi) is 4.27. The summed E-state index contributed by atoms with van der Waals surface area (Å²) in [5.74, 6) is 0.0396. The first-order valence-electron chi connectivity index (χ1n) is 7.01. The lowest BCUT2D eigenvalue weighted by molar-refractivity contribution is -0.385. The van der Waals surface area contributed by atoms with E-state index in [4.69, 9.17) is 4.74 Å². The Balaban J connectivity index is 2.53. The maximum Gasteiger partial charge on any atom is 0.269 e. The Bertz CT molecular complexity index is 573. The number of carbonyl (C=O) groups is 1. The van der Waals surface area contributed by atoms with Gasteiger partial charge in [-0.2, -0.15) is 0 Å². The lowest BCUT2D eigenvalue weighted by Gasteiger charge is -2.40. The normalized spacial score (nSPS) is 21.3. The number of hydrogen-bond acceptors (Lipinski definition) is 4. The summed E-state index contributed by atoms with van der Waals surface area (Å²) < 4.78 is 5.05. The van der Waals surface area contributed by atoms with Crippen molar-refractivity contribution in [1.29, 1.82) is 0 Å². The minimum atomic E-state index is -0.397. The van der Waals surface area contributed by atoms with E-state index in [1.54, 1.807) is 24.1 Å². The quantitative estimate of drug-likeness (QED) is 0.617. The van der Waals surface area contributed by atoms with Crippen molar-refractivity contribution in [1.82, 2.24) is 0 Å². The van der Waals surface area contributed by atoms with Gasteiger partial charge in [0.25, 0.3) is 5.69 Å². The van der Waals surface area contributed by atoms with Gasteiger partial charge in [-0.15, -0.1) is 0 Å². The minimum Gasteiger partial charge on any atom is -0.383 e. The largest absolute Gasteiger partial charge is 0.383 e. The van der Waals surface area contributed by atoms with Crippen LogP contribution < -0.4 is 4.90 Å². The molecule has 1 aromatic rings. The molecule has 6 nitrogen and oxygen atoms in total. The van der Waals surface area contributed by atoms with Crippen molar-refractivity contribution in [3.63, 3.8) is 0 Å². The zero-order chi connectivity index (χ0) is 15.6. The zero-order valence-electron chi connectivity index (χ0n) is 12.6. The molecule has 0 aromatic heterocycles. The van der Waals surface area contributed by atoms with Crippen LogP contribution in [0.2, 0.25) is 0 Å². The van der Waals surface area contributed by atoms with Crippen molar-refractivity contribution in [2.75, 3.05) is 25.2 Å². The van der Waals surface area contributed by atoms with Crippen molar-refractivity contribution in [2.24, 2.45) is 0 Å². The molecule has 1 aliphatic rings. The molecule has 1 heterocycles. The average Bonchev–Trinajstić information content (AvgIpc) is 2.46. The fraction of sp³-hybridized carbons (Fsp3) is 0.533. The van der Waals surface area contributed by atoms with Crippen LogP contribution in [0.3, 0.4) is 0 Å². The molecule has 0 radical (unpaired) electrons. The third-order valence-corrected chi connectivity index (χ3v) is 4.27. The first-order chi connectivity index (χ1) is 9.92. The van der Waals surface area contributed by atoms with E-state index < -0.39 is 4.92 Å². The smallest absolute Gasteiger partial charge is 0.269 e. The Morgan fingerprint density at radius 1 is 1.48 bits per heavy atom. The molecule has 1 atom stereocenters. The third kappa shape index (κ3) is 2.76. The second-order valence-electron chi connectivity index (χ2n) is 5.59. The number of nitro benzene ring substituents is 1. The fourth-order valence-corrected chi connectivity index (χ4v) is 2.76. The Morgan fingerprint density at radius 3 is 2.76 bits per heavy atom. The molecule has 0 N–H and O–H groups in total. The molecule has 0 spiro atoms. The summed E-state index contributed by atoms with van der Waals surface area (Å²) in [6.45, 7) is 4.88. The first kappa shape index (κ1) is 15.4. The number of methoxy groups -OCH3 is 1. The van der Waals surface area contributed by atoms with E-state index in [0.29, 0.717) is 19.6 Å². The van der Waals surface area contributed by atoms with Crippen molar-refractivity contribution >= 4 is 17.3 Å². The molecule has 114 valence electrons. The van der Waals surface area contributed by atoms with Crippen LogP contribution >= 0.6 is 0 Å². The second kappa shape index (κ2) is 5.81. The van der Waals surface area contributed by atoms with E-state index >= 15 is 0 Å². The van der Waals surface area contributed by atoms with Crippen molar-refractivity contribution in [3.05, 3.63) is 33.9 Å². The predicted octanol–water partition coefficient (Wildman–Crippen LogP) is 2.65. The molecule has 6 heteroatoms. The number of amides is 1. The Labute approximate surface area is 123 Å². The van der Waals surface area contributed by atoms with Crippen molar-refractivity contribution in [2.45, 2.75) is 32.1 Å². The van der Waals surface area contributed by atoms with Gasteiger partial charge in [0.15, 0.2) is 0 Å². The van der Waals surface area contributed by atoms with Gasteiger partial charge >= 0.3 is 0 Å². The highest BCUT2D eigenvalue weighted by Gasteiger charge is 2.39. The molecular formula is C15H20N2O4. The highest BCUT2D eigenvalue weighted by molar-refractivity contribution is 5.98. The monoisotopic (exact) mass is 292 g/mol. The maximum absolute atomic E-state index is 12.4. The van der Waals surface area contributed by atoms with Crippen LogP contribution in [0.15, 0.2) is 18.2 Å². The number of benzene rings is 1. The molecule has 0 unspecified atom stereocenters. The van der Waals surface area contributed by atoms with Crippen molar-refractivity contribution < 1.29 is 14.5 Å². The molecule has 0 saturated carbocycles. The van der Waals surface area contributed by atoms with Gasteiger partial charge in [0.1, 0.15) is 0 Å². The number of carbonyl (C=O) groups excluding carboxylic acids is 1. The van der Waals surface area contributed by atoms with Gasteiger partial charge < -0.3 is 9.64 Å². The third-order valence-electron chi connectivity index (χ3n) is 4.27. The summed E-state index contributed by atoms with van der Waals surface area (Å²) >= 11 is 0. The standard InChI is InChI=1S/C15H20N2O4/c1-4-15(2)10-14(18)16(7-8-21-3)13-6-5-11(17(19)20)9-12(13)15/h5-6,9H,4,7-8,10H2,1-3H3/t15-/m1/s1. The summed E-state index contributed by atoms with van der Waals surface area (Å²) in [4.78, 5) is 24.7. The molecule has 21 heavy (non-hydrogen) atoms. The van der Waals surface area contributed by atoms with E-state index in [1.807, 2.05) is 13.8 Å². The number of hydrogen-bond donors (Lipinski definition) is 0. The minimum absolute atomic E-state index is 0.0396. The van der Waals surface area contributed by atoms with Gasteiger partial charge in [0.05, 0.1) is 11.5 Å². The van der Waals surface area contributed by atoms with Gasteiger partial charge in [-0.1, -0.05) is 13.8 Å². The van der Waals surface area contributed by atoms with Crippen LogP contribution in [0.1, 0.15) is 32.3 Å². The van der Waals surface area contributed by atoms with E-state index in [1.165, 1.54) is 6.07 Å². The summed E-state index contributed by atoms with van der Waals surface area (Å²) in [6.07, 6.45) is 1.12. The number of nitro groups is 1. The summed E-state index contributed by atoms with van der Waals surface area (Å²) in [5, 5.41) is 11.0. The van der Waals surface area contributed by atoms with Crippen molar-refractivity contribution in [3.8, 4) is 0 Å². The SMILES string of the molecule is CC[C@]1(C)CC(=O)N(CCOC)c2ccc([N+](=O)[O-])cc21. The van der Waals surface area contributed by atoms with Crippen LogP contribution in [-0.2, 0) is 14.9 Å². The number of fused-ring (bicyclic) bond motifs is 1. The Morgan fingerprint density at radius 2 is 2.19 bits per heavy atom. The molecule has 1 aliphatic heterocycles. The van der Waals surface area contributed by atoms with Crippen LogP contribution in [0.5, 0.6) is 0 Å². The lowest BCUT2D eigenvalue weighted by atomic mass is 9.73. The lowest BCUT2D eigenvalue weighted by Crippen LogP contribution is -2.44. The van der Waals surface area contributed by atoms with Crippen LogP contribution in [0.4, 0.5) is 11.4 Å². The molecule has 1 amide bonds. The highest BCUT2D eigenvalue weighted by atomic mass is 16.6. The average molecular weight is 292 g/mol. The zero-order valence-corrected chi connectivity index (χ0v) is 12.6. The molecule has 2 rings (SSSR count). The van der Waals surface area contributed by atoms with E-state index in [0.717, 1.165) is 17.7 Å². The fourth-order valence-electron chi connectivity index (χ4n) is 2.76. The summed E-state index contributed by atoms with van der Waals surface area (Å²) in [7, 11) is 1.58. The van der Waals surface area contributed by atoms with Crippen LogP contribution in [0.25, 0.3) is 0 Å². The molecule has 0 aliphatic carbocycles. The number of ether oxygens (including phenoxy) is 1. The molecular weight excluding hydrogens is 272 g/mol. The van der Waals surface area contributed by atoms with Gasteiger partial charge in [0, 0.05) is 43.3 Å². The first-order valence-corrected chi connectivity index (χ1v) is 7.01. The number of anilines is 1. The van der Waals surface area contributed by atoms with Gasteiger partial charge in [-0.05, 0) is 18.1 Å². The highest BCUT2D eigenvalue weighted by Crippen LogP contribution is 2.43. The summed E-state index contributed by atoms with van der Waals surface area (Å²) in [6, 6.07) is 4.73. The van der Waals surface area contributed by atoms with Gasteiger partial charge in [-0.25, -0.2) is 0 Å². The molecule has 0 saturated heterocycles. The predicted molar refractivity (Wildman–Crippen MR) is 79.6 cm³/mol. The molecule has 1 aromatic carbocycles. The van der Waals surface area contributed by atoms with E-state index in [9.17, 15) is 14.9 Å². The molecule has 0 fully saturated rings.